The largest absolute Gasteiger partial charge is 0.416 e. The van der Waals surface area contributed by atoms with E-state index in [0.717, 1.165) is 0 Å². The number of ether oxygens (including phenoxy) is 1. The Labute approximate surface area is 140 Å². The second kappa shape index (κ2) is 5.76. The molecule has 6 heteroatoms. The molecule has 3 nitrogen and oxygen atoms in total. The van der Waals surface area contributed by atoms with Gasteiger partial charge in [0.2, 0.25) is 5.91 Å². The van der Waals surface area contributed by atoms with E-state index in [-0.39, 0.29) is 24.6 Å². The first-order valence-corrected chi connectivity index (χ1v) is 7.89. The van der Waals surface area contributed by atoms with Crippen molar-refractivity contribution in [3.63, 3.8) is 0 Å². The van der Waals surface area contributed by atoms with E-state index < -0.39 is 22.6 Å². The lowest BCUT2D eigenvalue weighted by Crippen LogP contribution is -2.38. The Balaban J connectivity index is 2.78. The average molecular weight is 343 g/mol. The molecule has 1 aliphatic rings. The fourth-order valence-corrected chi connectivity index (χ4v) is 3.11. The molecule has 1 aliphatic heterocycles. The fourth-order valence-electron chi connectivity index (χ4n) is 3.11. The van der Waals surface area contributed by atoms with Gasteiger partial charge in [0, 0.05) is 24.9 Å². The van der Waals surface area contributed by atoms with Crippen molar-refractivity contribution < 1.29 is 22.7 Å². The summed E-state index contributed by atoms with van der Waals surface area (Å²) in [7, 11) is 1.50. The van der Waals surface area contributed by atoms with E-state index in [9.17, 15) is 18.0 Å². The van der Waals surface area contributed by atoms with Crippen LogP contribution in [0.4, 0.5) is 18.9 Å². The summed E-state index contributed by atoms with van der Waals surface area (Å²) >= 11 is 0. The van der Waals surface area contributed by atoms with Crippen molar-refractivity contribution in [1.29, 1.82) is 0 Å². The summed E-state index contributed by atoms with van der Waals surface area (Å²) in [4.78, 5) is 14.2. The lowest BCUT2D eigenvalue weighted by molar-refractivity contribution is -0.138. The van der Waals surface area contributed by atoms with Gasteiger partial charge >= 0.3 is 6.18 Å². The fraction of sp³-hybridized carbons (Fsp3) is 0.611. The van der Waals surface area contributed by atoms with Gasteiger partial charge in [-0.05, 0) is 37.0 Å². The van der Waals surface area contributed by atoms with Crippen LogP contribution >= 0.6 is 0 Å². The van der Waals surface area contributed by atoms with Crippen molar-refractivity contribution in [2.45, 2.75) is 51.6 Å². The van der Waals surface area contributed by atoms with Gasteiger partial charge in [0.1, 0.15) is 0 Å². The number of benzene rings is 1. The van der Waals surface area contributed by atoms with E-state index in [0.29, 0.717) is 11.3 Å². The molecule has 2 rings (SSSR count). The third-order valence-electron chi connectivity index (χ3n) is 4.50. The molecule has 0 aromatic heterocycles. The number of halogens is 3. The summed E-state index contributed by atoms with van der Waals surface area (Å²) in [6, 6.07) is 2.90. The first kappa shape index (κ1) is 18.8. The molecular formula is C18H24F3NO2. The minimum absolute atomic E-state index is 0.0594. The summed E-state index contributed by atoms with van der Waals surface area (Å²) < 4.78 is 46.1. The van der Waals surface area contributed by atoms with Crippen molar-refractivity contribution in [2.24, 2.45) is 0 Å². The number of fused-ring (bicyclic) bond motifs is 1. The first-order chi connectivity index (χ1) is 10.8. The van der Waals surface area contributed by atoms with Gasteiger partial charge in [-0.1, -0.05) is 20.8 Å². The van der Waals surface area contributed by atoms with E-state index in [2.05, 4.69) is 0 Å². The van der Waals surface area contributed by atoms with Gasteiger partial charge in [-0.25, -0.2) is 0 Å². The van der Waals surface area contributed by atoms with Crippen LogP contribution in [0.1, 0.15) is 51.3 Å². The Hall–Kier alpha value is -1.56. The van der Waals surface area contributed by atoms with E-state index in [1.54, 1.807) is 19.9 Å². The second-order valence-electron chi connectivity index (χ2n) is 7.74. The standard InChI is InChI=1S/C18H24F3NO2/c1-16(2,3)11-9-12(18(19,20)21)14-13(10-11)22(7-8-24-6)15(23)17(14,4)5/h9-10H,7-8H2,1-6H3. The lowest BCUT2D eigenvalue weighted by Gasteiger charge is -2.25. The van der Waals surface area contributed by atoms with Crippen LogP contribution in [0.15, 0.2) is 12.1 Å². The summed E-state index contributed by atoms with van der Waals surface area (Å²) in [5.74, 6) is -0.328. The quantitative estimate of drug-likeness (QED) is 0.820. The topological polar surface area (TPSA) is 29.5 Å². The Morgan fingerprint density at radius 3 is 2.21 bits per heavy atom. The number of nitrogens with zero attached hydrogens (tertiary/aromatic N) is 1. The minimum atomic E-state index is -4.51. The molecule has 0 bridgehead atoms. The normalized spacial score (nSPS) is 17.4. The van der Waals surface area contributed by atoms with Crippen LogP contribution in [0.5, 0.6) is 0 Å². The van der Waals surface area contributed by atoms with Crippen molar-refractivity contribution >= 4 is 11.6 Å². The van der Waals surface area contributed by atoms with Crippen LogP contribution in [-0.2, 0) is 26.5 Å². The van der Waals surface area contributed by atoms with Crippen LogP contribution in [0.2, 0.25) is 0 Å². The molecule has 0 radical (unpaired) electrons. The number of alkyl halides is 3. The maximum atomic E-state index is 13.7. The molecule has 1 aromatic carbocycles. The highest BCUT2D eigenvalue weighted by Crippen LogP contribution is 2.49. The molecule has 1 amide bonds. The van der Waals surface area contributed by atoms with E-state index in [1.165, 1.54) is 18.1 Å². The van der Waals surface area contributed by atoms with Crippen LogP contribution in [0.25, 0.3) is 0 Å². The molecular weight excluding hydrogens is 319 g/mol. The molecule has 0 spiro atoms. The van der Waals surface area contributed by atoms with Gasteiger partial charge in [-0.3, -0.25) is 4.79 Å². The molecule has 1 aromatic rings. The average Bonchev–Trinajstić information content (AvgIpc) is 2.62. The number of anilines is 1. The minimum Gasteiger partial charge on any atom is -0.383 e. The maximum absolute atomic E-state index is 13.7. The van der Waals surface area contributed by atoms with Crippen LogP contribution in [0.3, 0.4) is 0 Å². The van der Waals surface area contributed by atoms with Crippen LogP contribution in [0, 0.1) is 0 Å². The molecule has 0 saturated carbocycles. The number of rotatable bonds is 3. The van der Waals surface area contributed by atoms with E-state index >= 15 is 0 Å². The van der Waals surface area contributed by atoms with Gasteiger partial charge < -0.3 is 9.64 Å². The van der Waals surface area contributed by atoms with Crippen molar-refractivity contribution in [2.75, 3.05) is 25.2 Å². The molecule has 0 N–H and O–H groups in total. The summed E-state index contributed by atoms with van der Waals surface area (Å²) in [5, 5.41) is 0. The number of methoxy groups -OCH3 is 1. The Kier molecular flexibility index (Phi) is 4.50. The van der Waals surface area contributed by atoms with Crippen molar-refractivity contribution in [3.8, 4) is 0 Å². The zero-order valence-electron chi connectivity index (χ0n) is 15.0. The van der Waals surface area contributed by atoms with Gasteiger partial charge in [0.05, 0.1) is 17.6 Å². The highest BCUT2D eigenvalue weighted by Gasteiger charge is 2.50. The zero-order chi connectivity index (χ0) is 18.5. The van der Waals surface area contributed by atoms with Gasteiger partial charge in [-0.15, -0.1) is 0 Å². The molecule has 0 atom stereocenters. The highest BCUT2D eigenvalue weighted by atomic mass is 19.4. The molecule has 1 heterocycles. The summed E-state index contributed by atoms with van der Waals surface area (Å²) in [6.45, 7) is 9.17. The molecule has 134 valence electrons. The Bertz CT molecular complexity index is 657. The third kappa shape index (κ3) is 3.04. The third-order valence-corrected chi connectivity index (χ3v) is 4.50. The number of hydrogen-bond donors (Lipinski definition) is 0. The highest BCUT2D eigenvalue weighted by molar-refractivity contribution is 6.08. The maximum Gasteiger partial charge on any atom is 0.416 e. The molecule has 24 heavy (non-hydrogen) atoms. The lowest BCUT2D eigenvalue weighted by atomic mass is 9.79. The second-order valence-corrected chi connectivity index (χ2v) is 7.74. The van der Waals surface area contributed by atoms with Crippen molar-refractivity contribution in [1.82, 2.24) is 0 Å². The van der Waals surface area contributed by atoms with Crippen molar-refractivity contribution in [3.05, 3.63) is 28.8 Å². The first-order valence-electron chi connectivity index (χ1n) is 7.89. The van der Waals surface area contributed by atoms with Gasteiger partial charge in [-0.2, -0.15) is 13.2 Å². The van der Waals surface area contributed by atoms with Crippen LogP contribution < -0.4 is 4.90 Å². The SMILES string of the molecule is COCCN1C(=O)C(C)(C)c2c1cc(C(C)(C)C)cc2C(F)(F)F. The molecule has 0 unspecified atom stereocenters. The van der Waals surface area contributed by atoms with Gasteiger partial charge in [0.15, 0.2) is 0 Å². The van der Waals surface area contributed by atoms with E-state index in [4.69, 9.17) is 4.74 Å². The van der Waals surface area contributed by atoms with E-state index in [1.807, 2.05) is 20.8 Å². The smallest absolute Gasteiger partial charge is 0.383 e. The Morgan fingerprint density at radius 2 is 1.75 bits per heavy atom. The molecule has 0 aliphatic carbocycles. The number of carbonyl (C=O) groups is 1. The predicted molar refractivity (Wildman–Crippen MR) is 87.4 cm³/mol. The number of carbonyl (C=O) groups excluding carboxylic acids is 1. The summed E-state index contributed by atoms with van der Waals surface area (Å²) in [6.07, 6.45) is -4.51. The van der Waals surface area contributed by atoms with Crippen LogP contribution in [-0.4, -0.2) is 26.2 Å². The zero-order valence-corrected chi connectivity index (χ0v) is 15.0. The monoisotopic (exact) mass is 343 g/mol. The summed E-state index contributed by atoms with van der Waals surface area (Å²) in [5.41, 5.74) is -1.43. The Morgan fingerprint density at radius 1 is 1.17 bits per heavy atom. The number of amides is 1. The predicted octanol–water partition coefficient (Wildman–Crippen LogP) is 4.27. The molecule has 0 fully saturated rings. The number of hydrogen-bond acceptors (Lipinski definition) is 2. The molecule has 0 saturated heterocycles. The van der Waals surface area contributed by atoms with Gasteiger partial charge in [0.25, 0.3) is 0 Å².